The van der Waals surface area contributed by atoms with E-state index in [4.69, 9.17) is 19.2 Å². The first-order valence-electron chi connectivity index (χ1n) is 8.69. The number of rotatable bonds is 12. The van der Waals surface area contributed by atoms with E-state index >= 15 is 0 Å². The van der Waals surface area contributed by atoms with E-state index in [1.165, 1.54) is 51.4 Å². The average Bonchev–Trinajstić information content (AvgIpc) is 2.38. The predicted octanol–water partition coefficient (Wildman–Crippen LogP) is 3.80. The first-order valence-corrected chi connectivity index (χ1v) is 13.9. The summed E-state index contributed by atoms with van der Waals surface area (Å²) in [5.41, 5.74) is 0. The van der Waals surface area contributed by atoms with Crippen LogP contribution in [0.1, 0.15) is 91.9 Å². The van der Waals surface area contributed by atoms with Gasteiger partial charge in [-0.2, -0.15) is 7.82 Å². The van der Waals surface area contributed by atoms with Crippen LogP contribution in [0, 0.1) is 36.7 Å². The largest absolute Gasteiger partial charge is 0.822 e. The van der Waals surface area contributed by atoms with Crippen molar-refractivity contribution in [2.24, 2.45) is 0 Å². The van der Waals surface area contributed by atoms with Crippen LogP contribution < -0.4 is 14.7 Å². The van der Waals surface area contributed by atoms with Gasteiger partial charge in [-0.3, -0.25) is 0 Å². The number of phosphoric acid groups is 1. The van der Waals surface area contributed by atoms with Crippen LogP contribution >= 0.6 is 7.82 Å². The Labute approximate surface area is 157 Å². The van der Waals surface area contributed by atoms with Crippen LogP contribution in [0.4, 0.5) is 0 Å². The van der Waals surface area contributed by atoms with Crippen molar-refractivity contribution in [1.82, 2.24) is 0 Å². The molecular weight excluding hydrogens is 431 g/mol. The number of hydrogen-bond acceptors (Lipinski definition) is 4. The third kappa shape index (κ3) is 29.5. The molecule has 22 heavy (non-hydrogen) atoms. The Bertz CT molecular complexity index is 247. The van der Waals surface area contributed by atoms with Gasteiger partial charge in [-0.25, -0.2) is 0 Å². The molecule has 131 valence electrons. The van der Waals surface area contributed by atoms with Crippen LogP contribution in [0.15, 0.2) is 0 Å². The van der Waals surface area contributed by atoms with E-state index in [-0.39, 0.29) is 36.7 Å². The van der Waals surface area contributed by atoms with Gasteiger partial charge in [0.05, 0.1) is 0 Å². The summed E-state index contributed by atoms with van der Waals surface area (Å²) in [6.45, 7) is 9.69. The van der Waals surface area contributed by atoms with Gasteiger partial charge in [-0.15, -0.1) is 0 Å². The minimum atomic E-state index is -5.39. The van der Waals surface area contributed by atoms with Gasteiger partial charge in [0.15, 0.2) is 0 Å². The van der Waals surface area contributed by atoms with Gasteiger partial charge in [0, 0.05) is 0 Å². The maximum Gasteiger partial charge on any atom is -0.159 e. The molecule has 4 nitrogen and oxygen atoms in total. The second-order valence-electron chi connectivity index (χ2n) is 6.11. The van der Waals surface area contributed by atoms with E-state index in [1.807, 2.05) is 0 Å². The van der Waals surface area contributed by atoms with Crippen molar-refractivity contribution in [2.75, 3.05) is 0 Å². The van der Waals surface area contributed by atoms with E-state index in [0.29, 0.717) is 0 Å². The molecule has 2 atom stereocenters. The average molecular weight is 466 g/mol. The summed E-state index contributed by atoms with van der Waals surface area (Å²) in [7, 11) is -5.39. The second kappa shape index (κ2) is 17.3. The predicted molar refractivity (Wildman–Crippen MR) is 84.0 cm³/mol. The maximum absolute atomic E-state index is 8.55. The summed E-state index contributed by atoms with van der Waals surface area (Å²) < 4.78 is 10.8. The molecule has 0 aliphatic rings. The molecule has 0 aliphatic carbocycles. The Hall–Kier alpha value is 1.46. The molecule has 0 aliphatic heterocycles. The second-order valence-corrected chi connectivity index (χ2v) is 14.4. The van der Waals surface area contributed by atoms with Crippen molar-refractivity contribution in [3.05, 3.63) is 0 Å². The van der Waals surface area contributed by atoms with Crippen LogP contribution in [-0.4, -0.2) is 0 Å². The van der Waals surface area contributed by atoms with Crippen molar-refractivity contribution in [1.29, 1.82) is 0 Å². The van der Waals surface area contributed by atoms with Gasteiger partial charge < -0.3 is 19.2 Å². The third-order valence-electron chi connectivity index (χ3n) is 3.55. The van der Waals surface area contributed by atoms with Crippen molar-refractivity contribution in [3.8, 4) is 0 Å². The van der Waals surface area contributed by atoms with Crippen LogP contribution in [0.25, 0.3) is 0 Å². The molecule has 0 rings (SSSR count). The minimum absolute atomic E-state index is 0.314. The van der Waals surface area contributed by atoms with Crippen LogP contribution in [0.3, 0.4) is 0 Å². The standard InChI is InChI=1S/2C8H17.Nd.H3O4P/c2*1-3-5-7-8-6-4-2;;1-5(2,3)4/h2*3H,4-8H2,1-2H3;;(H3,1,2,3,4)/q;;+3;/p-3. The molecule has 0 amide bonds. The summed E-state index contributed by atoms with van der Waals surface area (Å²) in [5, 5.41) is 0. The smallest absolute Gasteiger partial charge is 0.159 e. The summed E-state index contributed by atoms with van der Waals surface area (Å²) in [6.07, 6.45) is 14.7. The first-order chi connectivity index (χ1) is 10.2. The SMILES string of the molecule is CCCCCC[CH](C)[Nd+3][CH](C)CCCCCC.O=P([O-])([O-])[O-]. The summed E-state index contributed by atoms with van der Waals surface area (Å²) >= 11 is -0.314. The molecule has 0 aromatic heterocycles. The fourth-order valence-electron chi connectivity index (χ4n) is 2.41. The van der Waals surface area contributed by atoms with Gasteiger partial charge in [0.1, 0.15) is 0 Å². The van der Waals surface area contributed by atoms with E-state index < -0.39 is 7.82 Å². The topological polar surface area (TPSA) is 86.2 Å². The molecule has 0 bridgehead atoms. The fourth-order valence-corrected chi connectivity index (χ4v) is 7.90. The number of hydrogen-bond donors (Lipinski definition) is 0. The van der Waals surface area contributed by atoms with Crippen molar-refractivity contribution in [3.63, 3.8) is 0 Å². The van der Waals surface area contributed by atoms with Crippen LogP contribution in [-0.2, 0) is 4.57 Å². The number of unbranched alkanes of at least 4 members (excludes halogenated alkanes) is 6. The van der Waals surface area contributed by atoms with Gasteiger partial charge in [0.25, 0.3) is 0 Å². The summed E-state index contributed by atoms with van der Waals surface area (Å²) in [5.74, 6) is 0. The Morgan fingerprint density at radius 2 is 1.09 bits per heavy atom. The summed E-state index contributed by atoms with van der Waals surface area (Å²) in [4.78, 5) is 25.6. The zero-order chi connectivity index (χ0) is 17.4. The van der Waals surface area contributed by atoms with Gasteiger partial charge in [0.2, 0.25) is 0 Å². The van der Waals surface area contributed by atoms with Gasteiger partial charge in [-0.1, -0.05) is 0 Å². The maximum atomic E-state index is 8.55. The van der Waals surface area contributed by atoms with Gasteiger partial charge >= 0.3 is 132 Å². The summed E-state index contributed by atoms with van der Waals surface area (Å²) in [6, 6.07) is 0. The van der Waals surface area contributed by atoms with E-state index in [2.05, 4.69) is 27.7 Å². The molecule has 6 heteroatoms. The van der Waals surface area contributed by atoms with E-state index in [0.717, 1.165) is 3.14 Å². The molecule has 0 fully saturated rings. The molecular formula is C16H34NdO4P. The Morgan fingerprint density at radius 1 is 0.773 bits per heavy atom. The van der Waals surface area contributed by atoms with Crippen molar-refractivity contribution >= 4 is 7.82 Å². The molecule has 0 saturated heterocycles. The molecule has 0 saturated carbocycles. The molecule has 0 heterocycles. The monoisotopic (exact) mass is 463 g/mol. The van der Waals surface area contributed by atoms with Crippen LogP contribution in [0.5, 0.6) is 0 Å². The third-order valence-corrected chi connectivity index (χ3v) is 9.05. The molecule has 2 unspecified atom stereocenters. The molecule has 0 aromatic rings. The Kier molecular flexibility index (Phi) is 20.2. The van der Waals surface area contributed by atoms with E-state index in [1.54, 1.807) is 12.8 Å². The van der Waals surface area contributed by atoms with Gasteiger partial charge in [-0.05, 0) is 0 Å². The normalized spacial score (nSPS) is 13.8. The Balaban J connectivity index is 0. The minimum Gasteiger partial charge on any atom is -0.822 e. The quantitative estimate of drug-likeness (QED) is 0.324. The van der Waals surface area contributed by atoms with Crippen molar-refractivity contribution in [2.45, 2.75) is 95.0 Å². The molecule has 0 N–H and O–H groups in total. The van der Waals surface area contributed by atoms with Crippen LogP contribution in [0.2, 0.25) is 3.14 Å². The zero-order valence-corrected chi connectivity index (χ0v) is 18.9. The Morgan fingerprint density at radius 3 is 1.36 bits per heavy atom. The zero-order valence-electron chi connectivity index (χ0n) is 14.8. The molecule has 0 radical (unpaired) electrons. The van der Waals surface area contributed by atoms with Crippen molar-refractivity contribution < 1.29 is 56.0 Å². The van der Waals surface area contributed by atoms with E-state index in [9.17, 15) is 0 Å². The molecule has 0 spiro atoms. The fraction of sp³-hybridized carbons (Fsp3) is 1.00. The molecule has 0 aromatic carbocycles. The first kappa shape index (κ1) is 25.7.